The van der Waals surface area contributed by atoms with Crippen LogP contribution in [0.5, 0.6) is 0 Å². The summed E-state index contributed by atoms with van der Waals surface area (Å²) in [5, 5.41) is 0. The fraction of sp³-hybridized carbons (Fsp3) is 0.615. The van der Waals surface area contributed by atoms with Gasteiger partial charge in [0.1, 0.15) is 4.90 Å². The molecular formula is C13H21N3O4S2. The largest absolute Gasteiger partial charge is 0.263 e. The van der Waals surface area contributed by atoms with Crippen LogP contribution in [-0.2, 0) is 20.0 Å². The SMILES string of the molecule is CCS(=O)(=O)NCC1CCN(S(=O)(=O)c2cccnc2)CC1. The van der Waals surface area contributed by atoms with Crippen LogP contribution in [0.2, 0.25) is 0 Å². The van der Waals surface area contributed by atoms with Crippen LogP contribution in [0.1, 0.15) is 19.8 Å². The number of piperidine rings is 1. The standard InChI is InChI=1S/C13H21N3O4S2/c1-2-21(17,18)15-10-12-5-8-16(9-6-12)22(19,20)13-4-3-7-14-11-13/h3-4,7,11-12,15H,2,5-6,8-10H2,1H3. The Balaban J connectivity index is 1.92. The molecule has 0 aromatic carbocycles. The fourth-order valence-corrected chi connectivity index (χ4v) is 4.48. The van der Waals surface area contributed by atoms with Crippen molar-refractivity contribution in [3.8, 4) is 0 Å². The van der Waals surface area contributed by atoms with E-state index in [0.717, 1.165) is 0 Å². The normalized spacial score (nSPS) is 18.4. The molecule has 2 rings (SSSR count). The van der Waals surface area contributed by atoms with E-state index in [1.807, 2.05) is 0 Å². The minimum Gasteiger partial charge on any atom is -0.263 e. The summed E-state index contributed by atoms with van der Waals surface area (Å²) < 4.78 is 51.7. The lowest BCUT2D eigenvalue weighted by Gasteiger charge is -2.31. The molecule has 0 bridgehead atoms. The Labute approximate surface area is 131 Å². The van der Waals surface area contributed by atoms with Gasteiger partial charge in [-0.1, -0.05) is 0 Å². The first-order valence-electron chi connectivity index (χ1n) is 7.22. The minimum atomic E-state index is -3.50. The molecule has 0 spiro atoms. The van der Waals surface area contributed by atoms with E-state index in [1.165, 1.54) is 22.8 Å². The number of pyridine rings is 1. The first kappa shape index (κ1) is 17.3. The van der Waals surface area contributed by atoms with E-state index < -0.39 is 20.0 Å². The maximum atomic E-state index is 12.4. The molecule has 1 aromatic heterocycles. The van der Waals surface area contributed by atoms with E-state index in [2.05, 4.69) is 9.71 Å². The molecule has 7 nitrogen and oxygen atoms in total. The van der Waals surface area contributed by atoms with Crippen molar-refractivity contribution in [1.82, 2.24) is 14.0 Å². The van der Waals surface area contributed by atoms with Crippen LogP contribution in [0, 0.1) is 5.92 Å². The lowest BCUT2D eigenvalue weighted by molar-refractivity contribution is 0.274. The highest BCUT2D eigenvalue weighted by molar-refractivity contribution is 7.89. The van der Waals surface area contributed by atoms with Crippen molar-refractivity contribution in [3.63, 3.8) is 0 Å². The monoisotopic (exact) mass is 347 g/mol. The number of hydrogen-bond donors (Lipinski definition) is 1. The molecule has 0 amide bonds. The van der Waals surface area contributed by atoms with Crippen molar-refractivity contribution >= 4 is 20.0 Å². The number of nitrogens with zero attached hydrogens (tertiary/aromatic N) is 2. The summed E-state index contributed by atoms with van der Waals surface area (Å²) in [6.07, 6.45) is 4.17. The van der Waals surface area contributed by atoms with Crippen LogP contribution in [0.25, 0.3) is 0 Å². The number of sulfonamides is 2. The highest BCUT2D eigenvalue weighted by Crippen LogP contribution is 2.23. The predicted molar refractivity (Wildman–Crippen MR) is 83.2 cm³/mol. The molecular weight excluding hydrogens is 326 g/mol. The van der Waals surface area contributed by atoms with Crippen molar-refractivity contribution < 1.29 is 16.8 Å². The van der Waals surface area contributed by atoms with Crippen molar-refractivity contribution in [3.05, 3.63) is 24.5 Å². The molecule has 0 atom stereocenters. The number of nitrogens with one attached hydrogen (secondary N) is 1. The van der Waals surface area contributed by atoms with Gasteiger partial charge in [0.25, 0.3) is 0 Å². The molecule has 0 saturated carbocycles. The Morgan fingerprint density at radius 3 is 2.50 bits per heavy atom. The van der Waals surface area contributed by atoms with Crippen LogP contribution in [0.4, 0.5) is 0 Å². The maximum absolute atomic E-state index is 12.4. The van der Waals surface area contributed by atoms with Gasteiger partial charge < -0.3 is 0 Å². The number of rotatable bonds is 6. The quantitative estimate of drug-likeness (QED) is 0.804. The Bertz CT molecular complexity index is 681. The molecule has 0 radical (unpaired) electrons. The van der Waals surface area contributed by atoms with Gasteiger partial charge in [0, 0.05) is 32.0 Å². The zero-order valence-corrected chi connectivity index (χ0v) is 14.1. The molecule has 9 heteroatoms. The summed E-state index contributed by atoms with van der Waals surface area (Å²) in [6.45, 7) is 2.76. The molecule has 0 aliphatic carbocycles. The highest BCUT2D eigenvalue weighted by atomic mass is 32.2. The van der Waals surface area contributed by atoms with Crippen molar-refractivity contribution in [1.29, 1.82) is 0 Å². The van der Waals surface area contributed by atoms with Crippen LogP contribution in [0.3, 0.4) is 0 Å². The zero-order chi connectivity index (χ0) is 16.2. The van der Waals surface area contributed by atoms with Crippen LogP contribution in [-0.4, -0.2) is 51.5 Å². The van der Waals surface area contributed by atoms with E-state index in [1.54, 1.807) is 13.0 Å². The van der Waals surface area contributed by atoms with Crippen molar-refractivity contribution in [2.45, 2.75) is 24.7 Å². The second-order valence-electron chi connectivity index (χ2n) is 5.29. The molecule has 1 aromatic rings. The molecule has 2 heterocycles. The van der Waals surface area contributed by atoms with Gasteiger partial charge in [0.15, 0.2) is 0 Å². The smallest absolute Gasteiger partial charge is 0.244 e. The van der Waals surface area contributed by atoms with E-state index in [-0.39, 0.29) is 16.6 Å². The zero-order valence-electron chi connectivity index (χ0n) is 12.5. The average Bonchev–Trinajstić information content (AvgIpc) is 2.54. The second kappa shape index (κ2) is 7.03. The topological polar surface area (TPSA) is 96.4 Å². The first-order valence-corrected chi connectivity index (χ1v) is 10.3. The van der Waals surface area contributed by atoms with Crippen LogP contribution in [0.15, 0.2) is 29.4 Å². The average molecular weight is 347 g/mol. The van der Waals surface area contributed by atoms with E-state index in [4.69, 9.17) is 0 Å². The number of aromatic nitrogens is 1. The third kappa shape index (κ3) is 4.25. The van der Waals surface area contributed by atoms with E-state index in [9.17, 15) is 16.8 Å². The summed E-state index contributed by atoms with van der Waals surface area (Å²) in [7, 11) is -6.70. The molecule has 1 fully saturated rings. The van der Waals surface area contributed by atoms with E-state index >= 15 is 0 Å². The summed E-state index contributed by atoms with van der Waals surface area (Å²) >= 11 is 0. The van der Waals surface area contributed by atoms with E-state index in [0.29, 0.717) is 32.5 Å². The third-order valence-corrected chi connectivity index (χ3v) is 7.07. The van der Waals surface area contributed by atoms with Gasteiger partial charge in [-0.05, 0) is 37.8 Å². The summed E-state index contributed by atoms with van der Waals surface area (Å²) in [6, 6.07) is 3.13. The summed E-state index contributed by atoms with van der Waals surface area (Å²) in [4.78, 5) is 4.04. The Kier molecular flexibility index (Phi) is 5.54. The molecule has 22 heavy (non-hydrogen) atoms. The lowest BCUT2D eigenvalue weighted by atomic mass is 9.99. The van der Waals surface area contributed by atoms with Crippen molar-refractivity contribution in [2.24, 2.45) is 5.92 Å². The maximum Gasteiger partial charge on any atom is 0.244 e. The second-order valence-corrected chi connectivity index (χ2v) is 9.32. The van der Waals surface area contributed by atoms with Gasteiger partial charge in [-0.15, -0.1) is 0 Å². The molecule has 1 aliphatic rings. The highest BCUT2D eigenvalue weighted by Gasteiger charge is 2.29. The Morgan fingerprint density at radius 2 is 1.95 bits per heavy atom. The van der Waals surface area contributed by atoms with Crippen LogP contribution >= 0.6 is 0 Å². The molecule has 1 N–H and O–H groups in total. The predicted octanol–water partition coefficient (Wildman–Crippen LogP) is 0.422. The Hall–Kier alpha value is -1.03. The molecule has 124 valence electrons. The summed E-state index contributed by atoms with van der Waals surface area (Å²) in [5.41, 5.74) is 0. The minimum absolute atomic E-state index is 0.0568. The van der Waals surface area contributed by atoms with Gasteiger partial charge in [-0.2, -0.15) is 4.31 Å². The number of hydrogen-bond acceptors (Lipinski definition) is 5. The Morgan fingerprint density at radius 1 is 1.27 bits per heavy atom. The van der Waals surface area contributed by atoms with Gasteiger partial charge in [-0.3, -0.25) is 4.98 Å². The molecule has 1 saturated heterocycles. The van der Waals surface area contributed by atoms with Crippen LogP contribution < -0.4 is 4.72 Å². The lowest BCUT2D eigenvalue weighted by Crippen LogP contribution is -2.41. The third-order valence-electron chi connectivity index (χ3n) is 3.82. The van der Waals surface area contributed by atoms with Gasteiger partial charge in [0.2, 0.25) is 20.0 Å². The first-order chi connectivity index (χ1) is 10.3. The summed E-state index contributed by atoms with van der Waals surface area (Å²) in [5.74, 6) is 0.225. The van der Waals surface area contributed by atoms with Gasteiger partial charge in [-0.25, -0.2) is 21.6 Å². The van der Waals surface area contributed by atoms with Gasteiger partial charge >= 0.3 is 0 Å². The molecule has 0 unspecified atom stereocenters. The fourth-order valence-electron chi connectivity index (χ4n) is 2.35. The molecule has 1 aliphatic heterocycles. The van der Waals surface area contributed by atoms with Crippen molar-refractivity contribution in [2.75, 3.05) is 25.4 Å². The van der Waals surface area contributed by atoms with Gasteiger partial charge in [0.05, 0.1) is 5.75 Å².